The van der Waals surface area contributed by atoms with E-state index in [1.54, 1.807) is 6.07 Å². The van der Waals surface area contributed by atoms with Crippen LogP contribution in [0.3, 0.4) is 0 Å². The van der Waals surface area contributed by atoms with Gasteiger partial charge in [0.2, 0.25) is 0 Å². The van der Waals surface area contributed by atoms with Crippen LogP contribution in [0.5, 0.6) is 0 Å². The fraction of sp³-hybridized carbons (Fsp3) is 0. The van der Waals surface area contributed by atoms with Gasteiger partial charge in [-0.3, -0.25) is 4.72 Å². The van der Waals surface area contributed by atoms with Crippen LogP contribution in [0, 0.1) is 17.1 Å². The molecule has 0 atom stereocenters. The molecule has 0 spiro atoms. The van der Waals surface area contributed by atoms with E-state index >= 15 is 0 Å². The van der Waals surface area contributed by atoms with Crippen LogP contribution in [0.1, 0.15) is 5.69 Å². The Balaban J connectivity index is 2.30. The lowest BCUT2D eigenvalue weighted by Gasteiger charge is -2.08. The van der Waals surface area contributed by atoms with Crippen LogP contribution in [-0.2, 0) is 10.0 Å². The maximum Gasteiger partial charge on any atom is 0.263 e. The second-order valence-electron chi connectivity index (χ2n) is 3.73. The number of hydrogen-bond donors (Lipinski definition) is 1. The van der Waals surface area contributed by atoms with Gasteiger partial charge in [-0.2, -0.15) is 5.26 Å². The molecule has 0 aliphatic heterocycles. The molecule has 0 aliphatic carbocycles. The lowest BCUT2D eigenvalue weighted by Crippen LogP contribution is -2.13. The predicted molar refractivity (Wildman–Crippen MR) is 73.9 cm³/mol. The van der Waals surface area contributed by atoms with Gasteiger partial charge in [-0.1, -0.05) is 0 Å². The topological polar surface area (TPSA) is 82.8 Å². The van der Waals surface area contributed by atoms with E-state index in [9.17, 15) is 12.8 Å². The van der Waals surface area contributed by atoms with Gasteiger partial charge in [0.15, 0.2) is 0 Å². The highest BCUT2D eigenvalue weighted by Gasteiger charge is 2.15. The number of sulfonamides is 1. The molecule has 0 unspecified atom stereocenters. The Labute approximate surface area is 123 Å². The molecule has 1 N–H and O–H groups in total. The smallest absolute Gasteiger partial charge is 0.263 e. The van der Waals surface area contributed by atoms with Crippen molar-refractivity contribution in [3.8, 4) is 6.07 Å². The van der Waals surface area contributed by atoms with E-state index < -0.39 is 15.8 Å². The SMILES string of the molecule is N#Cc1ccc(S(=O)(=O)Nc2ccc(F)c(Br)c2)cn1. The van der Waals surface area contributed by atoms with E-state index in [1.165, 1.54) is 24.3 Å². The van der Waals surface area contributed by atoms with Gasteiger partial charge < -0.3 is 0 Å². The summed E-state index contributed by atoms with van der Waals surface area (Å²) in [6.07, 6.45) is 1.08. The number of aromatic nitrogens is 1. The Hall–Kier alpha value is -1.98. The monoisotopic (exact) mass is 355 g/mol. The van der Waals surface area contributed by atoms with Gasteiger partial charge in [0.05, 0.1) is 10.2 Å². The van der Waals surface area contributed by atoms with Crippen LogP contribution in [-0.4, -0.2) is 13.4 Å². The molecular weight excluding hydrogens is 349 g/mol. The fourth-order valence-electron chi connectivity index (χ4n) is 1.38. The molecule has 0 radical (unpaired) electrons. The van der Waals surface area contributed by atoms with Gasteiger partial charge in [-0.05, 0) is 46.3 Å². The van der Waals surface area contributed by atoms with E-state index in [2.05, 4.69) is 25.6 Å². The number of pyridine rings is 1. The van der Waals surface area contributed by atoms with Crippen molar-refractivity contribution in [1.82, 2.24) is 4.98 Å². The molecule has 0 saturated heterocycles. The van der Waals surface area contributed by atoms with Crippen molar-refractivity contribution >= 4 is 31.6 Å². The average Bonchev–Trinajstić information content (AvgIpc) is 2.43. The van der Waals surface area contributed by atoms with Gasteiger partial charge in [-0.15, -0.1) is 0 Å². The number of anilines is 1. The minimum absolute atomic E-state index is 0.0862. The number of nitrogens with one attached hydrogen (secondary N) is 1. The quantitative estimate of drug-likeness (QED) is 0.917. The summed E-state index contributed by atoms with van der Waals surface area (Å²) in [6.45, 7) is 0. The highest BCUT2D eigenvalue weighted by Crippen LogP contribution is 2.22. The number of nitriles is 1. The maximum absolute atomic E-state index is 13.1. The van der Waals surface area contributed by atoms with Gasteiger partial charge in [0.25, 0.3) is 10.0 Å². The number of benzene rings is 1. The Morgan fingerprint density at radius 3 is 2.60 bits per heavy atom. The van der Waals surface area contributed by atoms with Crippen molar-refractivity contribution < 1.29 is 12.8 Å². The van der Waals surface area contributed by atoms with E-state index in [-0.39, 0.29) is 20.7 Å². The molecule has 1 heterocycles. The third kappa shape index (κ3) is 3.12. The largest absolute Gasteiger partial charge is 0.280 e. The zero-order chi connectivity index (χ0) is 14.8. The second kappa shape index (κ2) is 5.56. The molecular formula is C12H7BrFN3O2S. The first kappa shape index (κ1) is 14.4. The molecule has 2 aromatic rings. The summed E-state index contributed by atoms with van der Waals surface area (Å²) in [5.74, 6) is -0.493. The van der Waals surface area contributed by atoms with Crippen LogP contribution in [0.2, 0.25) is 0 Å². The molecule has 5 nitrogen and oxygen atoms in total. The normalized spacial score (nSPS) is 10.8. The Kier molecular flexibility index (Phi) is 4.01. The summed E-state index contributed by atoms with van der Waals surface area (Å²) in [6, 6.07) is 8.11. The molecule has 2 rings (SSSR count). The maximum atomic E-state index is 13.1. The Bertz CT molecular complexity index is 785. The summed E-state index contributed by atoms with van der Waals surface area (Å²) in [7, 11) is -3.83. The van der Waals surface area contributed by atoms with Crippen molar-refractivity contribution in [2.24, 2.45) is 0 Å². The minimum atomic E-state index is -3.83. The first-order chi connectivity index (χ1) is 9.42. The van der Waals surface area contributed by atoms with Gasteiger partial charge in [-0.25, -0.2) is 17.8 Å². The minimum Gasteiger partial charge on any atom is -0.280 e. The van der Waals surface area contributed by atoms with Crippen molar-refractivity contribution in [3.05, 3.63) is 52.5 Å². The van der Waals surface area contributed by atoms with Crippen molar-refractivity contribution in [3.63, 3.8) is 0 Å². The zero-order valence-corrected chi connectivity index (χ0v) is 12.2. The lowest BCUT2D eigenvalue weighted by molar-refractivity contribution is 0.600. The van der Waals surface area contributed by atoms with Crippen molar-refractivity contribution in [2.75, 3.05) is 4.72 Å². The summed E-state index contributed by atoms with van der Waals surface area (Å²) in [5, 5.41) is 8.60. The molecule has 1 aromatic heterocycles. The van der Waals surface area contributed by atoms with E-state index in [4.69, 9.17) is 5.26 Å². The van der Waals surface area contributed by atoms with Gasteiger partial charge >= 0.3 is 0 Å². The Morgan fingerprint density at radius 1 is 1.30 bits per heavy atom. The van der Waals surface area contributed by atoms with Gasteiger partial charge in [0.1, 0.15) is 22.5 Å². The fourth-order valence-corrected chi connectivity index (χ4v) is 2.75. The Morgan fingerprint density at radius 2 is 2.05 bits per heavy atom. The summed E-state index contributed by atoms with van der Waals surface area (Å²) < 4.78 is 39.6. The van der Waals surface area contributed by atoms with Crippen LogP contribution in [0.15, 0.2) is 45.9 Å². The molecule has 1 aromatic carbocycles. The molecule has 0 saturated carbocycles. The van der Waals surface area contributed by atoms with Crippen LogP contribution in [0.25, 0.3) is 0 Å². The number of rotatable bonds is 3. The first-order valence-corrected chi connectivity index (χ1v) is 7.54. The molecule has 0 amide bonds. The van der Waals surface area contributed by atoms with Crippen molar-refractivity contribution in [2.45, 2.75) is 4.90 Å². The molecule has 20 heavy (non-hydrogen) atoms. The standard InChI is InChI=1S/C12H7BrFN3O2S/c13-11-5-8(2-4-12(11)14)17-20(18,19)10-3-1-9(6-15)16-7-10/h1-5,7,17H. The van der Waals surface area contributed by atoms with E-state index in [0.29, 0.717) is 0 Å². The van der Waals surface area contributed by atoms with Crippen molar-refractivity contribution in [1.29, 1.82) is 5.26 Å². The molecule has 0 fully saturated rings. The number of nitrogens with zero attached hydrogens (tertiary/aromatic N) is 2. The zero-order valence-electron chi connectivity index (χ0n) is 9.84. The molecule has 0 bridgehead atoms. The number of halogens is 2. The first-order valence-electron chi connectivity index (χ1n) is 5.26. The summed E-state index contributed by atoms with van der Waals surface area (Å²) >= 11 is 2.97. The van der Waals surface area contributed by atoms with Crippen LogP contribution >= 0.6 is 15.9 Å². The van der Waals surface area contributed by atoms with Crippen LogP contribution in [0.4, 0.5) is 10.1 Å². The predicted octanol–water partition coefficient (Wildman–Crippen LogP) is 2.66. The van der Waals surface area contributed by atoms with Gasteiger partial charge in [0, 0.05) is 6.20 Å². The van der Waals surface area contributed by atoms with E-state index in [1.807, 2.05) is 0 Å². The lowest BCUT2D eigenvalue weighted by atomic mass is 10.3. The molecule has 8 heteroatoms. The summed E-state index contributed by atoms with van der Waals surface area (Å²) in [5.41, 5.74) is 0.330. The third-order valence-corrected chi connectivity index (χ3v) is 4.31. The third-order valence-electron chi connectivity index (χ3n) is 2.33. The highest BCUT2D eigenvalue weighted by atomic mass is 79.9. The van der Waals surface area contributed by atoms with E-state index in [0.717, 1.165) is 12.3 Å². The second-order valence-corrected chi connectivity index (χ2v) is 6.26. The summed E-state index contributed by atoms with van der Waals surface area (Å²) in [4.78, 5) is 3.60. The van der Waals surface area contributed by atoms with Crippen LogP contribution < -0.4 is 4.72 Å². The highest BCUT2D eigenvalue weighted by molar-refractivity contribution is 9.10. The molecule has 102 valence electrons. The molecule has 0 aliphatic rings. The number of hydrogen-bond acceptors (Lipinski definition) is 4. The average molecular weight is 356 g/mol.